The van der Waals surface area contributed by atoms with E-state index in [4.69, 9.17) is 4.74 Å². The average Bonchev–Trinajstić information content (AvgIpc) is 3.04. The van der Waals surface area contributed by atoms with Crippen LogP contribution in [0, 0.1) is 26.0 Å². The smallest absolute Gasteiger partial charge is 0.329 e. The minimum atomic E-state index is -1.17. The van der Waals surface area contributed by atoms with E-state index < -0.39 is 42.2 Å². The Morgan fingerprint density at radius 1 is 0.941 bits per heavy atom. The number of carbonyl (C=O) groups is 4. The Balaban J connectivity index is 1.82. The monoisotopic (exact) mass is 916 g/mol. The molecule has 1 N–H and O–H groups in total. The molecular weight excluding hydrogens is 899 g/mol. The molecule has 0 bridgehead atoms. The number of nitrogens with zero attached hydrogens (tertiary/aromatic N) is 1. The number of imide groups is 1. The molecule has 180 valence electrons. The molecule has 0 radical (unpaired) electrons. The third-order valence-electron chi connectivity index (χ3n) is 4.88. The standard InChI is InChI=1S/C22H17FI4N2O5/c1-9(2)7-12(22(33)34-8-13(30)28-11-5-3-10(23)4-6-11)29-20(31)14-15(21(29)32)17(25)19(27)18(26)16(14)24/h3-6,9,12H,7-8H2,1-2H3,(H,28,30)/t12-/m0/s1. The molecule has 0 unspecified atom stereocenters. The van der Waals surface area contributed by atoms with Gasteiger partial charge in [0, 0.05) is 20.0 Å². The van der Waals surface area contributed by atoms with Crippen molar-refractivity contribution in [2.75, 3.05) is 11.9 Å². The number of amides is 3. The number of esters is 1. The van der Waals surface area contributed by atoms with Crippen LogP contribution in [0.4, 0.5) is 10.1 Å². The summed E-state index contributed by atoms with van der Waals surface area (Å²) in [5.41, 5.74) is 0.917. The van der Waals surface area contributed by atoms with Gasteiger partial charge in [0.1, 0.15) is 11.9 Å². The van der Waals surface area contributed by atoms with Crippen LogP contribution in [-0.2, 0) is 14.3 Å². The van der Waals surface area contributed by atoms with E-state index in [1.807, 2.05) is 59.0 Å². The van der Waals surface area contributed by atoms with Crippen LogP contribution >= 0.6 is 90.4 Å². The summed E-state index contributed by atoms with van der Waals surface area (Å²) in [6.45, 7) is 3.11. The molecule has 12 heteroatoms. The molecule has 2 aromatic rings. The second kappa shape index (κ2) is 11.6. The van der Waals surface area contributed by atoms with Crippen molar-refractivity contribution in [3.05, 3.63) is 55.5 Å². The Morgan fingerprint density at radius 3 is 1.91 bits per heavy atom. The maximum atomic E-state index is 13.4. The van der Waals surface area contributed by atoms with Gasteiger partial charge in [0.25, 0.3) is 17.7 Å². The first-order chi connectivity index (χ1) is 15.9. The molecule has 0 saturated carbocycles. The van der Waals surface area contributed by atoms with Gasteiger partial charge >= 0.3 is 5.97 Å². The fraction of sp³-hybridized carbons (Fsp3) is 0.273. The number of benzene rings is 2. The summed E-state index contributed by atoms with van der Waals surface area (Å²) in [4.78, 5) is 52.9. The van der Waals surface area contributed by atoms with E-state index in [-0.39, 0.29) is 23.5 Å². The van der Waals surface area contributed by atoms with E-state index in [0.717, 1.165) is 12.0 Å². The molecule has 0 spiro atoms. The lowest BCUT2D eigenvalue weighted by Crippen LogP contribution is -2.47. The molecule has 1 heterocycles. The number of hydrogen-bond donors (Lipinski definition) is 1. The van der Waals surface area contributed by atoms with E-state index in [1.165, 1.54) is 24.3 Å². The number of nitrogens with one attached hydrogen (secondary N) is 1. The van der Waals surface area contributed by atoms with Crippen molar-refractivity contribution in [1.82, 2.24) is 4.90 Å². The largest absolute Gasteiger partial charge is 0.454 e. The van der Waals surface area contributed by atoms with Gasteiger partial charge in [-0.25, -0.2) is 9.18 Å². The molecule has 3 rings (SSSR count). The number of rotatable bonds is 7. The first-order valence-corrected chi connectivity index (χ1v) is 14.2. The maximum Gasteiger partial charge on any atom is 0.329 e. The zero-order valence-corrected chi connectivity index (χ0v) is 26.4. The molecule has 1 aliphatic rings. The lowest BCUT2D eigenvalue weighted by atomic mass is 10.0. The molecule has 1 atom stereocenters. The molecule has 34 heavy (non-hydrogen) atoms. The minimum absolute atomic E-state index is 0.0340. The maximum absolute atomic E-state index is 13.4. The van der Waals surface area contributed by atoms with E-state index in [9.17, 15) is 23.6 Å². The van der Waals surface area contributed by atoms with E-state index in [1.54, 1.807) is 0 Å². The Kier molecular flexibility index (Phi) is 9.55. The number of fused-ring (bicyclic) bond motifs is 1. The Hall–Kier alpha value is -0.630. The summed E-state index contributed by atoms with van der Waals surface area (Å²) < 4.78 is 21.3. The van der Waals surface area contributed by atoms with E-state index in [2.05, 4.69) is 50.5 Å². The van der Waals surface area contributed by atoms with Crippen molar-refractivity contribution in [1.29, 1.82) is 0 Å². The van der Waals surface area contributed by atoms with Gasteiger partial charge in [0.05, 0.1) is 11.1 Å². The highest BCUT2D eigenvalue weighted by Gasteiger charge is 2.47. The summed E-state index contributed by atoms with van der Waals surface area (Å²) in [6.07, 6.45) is 0.186. The average molecular weight is 916 g/mol. The van der Waals surface area contributed by atoms with Gasteiger partial charge in [-0.05, 0) is 127 Å². The van der Waals surface area contributed by atoms with Crippen molar-refractivity contribution in [3.8, 4) is 0 Å². The third-order valence-corrected chi connectivity index (χ3v) is 12.3. The van der Waals surface area contributed by atoms with Crippen molar-refractivity contribution in [2.24, 2.45) is 5.92 Å². The zero-order valence-electron chi connectivity index (χ0n) is 17.8. The number of anilines is 1. The van der Waals surface area contributed by atoms with Crippen LogP contribution in [0.25, 0.3) is 0 Å². The van der Waals surface area contributed by atoms with Gasteiger partial charge in [-0.3, -0.25) is 19.3 Å². The summed E-state index contributed by atoms with van der Waals surface area (Å²) >= 11 is 8.36. The highest BCUT2D eigenvalue weighted by Crippen LogP contribution is 2.38. The molecule has 0 fully saturated rings. The van der Waals surface area contributed by atoms with Crippen LogP contribution in [0.15, 0.2) is 24.3 Å². The Morgan fingerprint density at radius 2 is 1.44 bits per heavy atom. The van der Waals surface area contributed by atoms with Crippen LogP contribution in [0.1, 0.15) is 41.0 Å². The fourth-order valence-corrected chi connectivity index (χ4v) is 7.02. The van der Waals surface area contributed by atoms with Gasteiger partial charge in [-0.15, -0.1) is 0 Å². The van der Waals surface area contributed by atoms with E-state index >= 15 is 0 Å². The van der Waals surface area contributed by atoms with Crippen LogP contribution in [0.3, 0.4) is 0 Å². The molecule has 0 aliphatic carbocycles. The lowest BCUT2D eigenvalue weighted by Gasteiger charge is -2.26. The molecule has 3 amide bonds. The summed E-state index contributed by atoms with van der Waals surface area (Å²) in [6, 6.07) is 3.96. The minimum Gasteiger partial charge on any atom is -0.454 e. The number of halogens is 5. The van der Waals surface area contributed by atoms with Crippen molar-refractivity contribution in [2.45, 2.75) is 26.3 Å². The summed E-state index contributed by atoms with van der Waals surface area (Å²) in [7, 11) is 0. The predicted molar refractivity (Wildman–Crippen MR) is 157 cm³/mol. The van der Waals surface area contributed by atoms with Gasteiger partial charge < -0.3 is 10.1 Å². The quantitative estimate of drug-likeness (QED) is 0.132. The van der Waals surface area contributed by atoms with Crippen LogP contribution in [-0.4, -0.2) is 41.2 Å². The number of hydrogen-bond acceptors (Lipinski definition) is 5. The molecule has 1 aliphatic heterocycles. The van der Waals surface area contributed by atoms with Crippen LogP contribution in [0.5, 0.6) is 0 Å². The first kappa shape index (κ1) is 27.9. The van der Waals surface area contributed by atoms with Gasteiger partial charge in [-0.1, -0.05) is 13.8 Å². The molecule has 0 saturated heterocycles. The highest BCUT2D eigenvalue weighted by molar-refractivity contribution is 14.1. The Bertz CT molecular complexity index is 1140. The van der Waals surface area contributed by atoms with Crippen LogP contribution in [0.2, 0.25) is 0 Å². The molecule has 2 aromatic carbocycles. The summed E-state index contributed by atoms with van der Waals surface area (Å²) in [5.74, 6) is -3.04. The molecular formula is C22H17FI4N2O5. The summed E-state index contributed by atoms with van der Waals surface area (Å²) in [5, 5.41) is 2.50. The second-order valence-electron chi connectivity index (χ2n) is 7.79. The first-order valence-electron chi connectivity index (χ1n) is 9.89. The van der Waals surface area contributed by atoms with E-state index in [0.29, 0.717) is 12.8 Å². The van der Waals surface area contributed by atoms with Crippen molar-refractivity contribution in [3.63, 3.8) is 0 Å². The second-order valence-corrected chi connectivity index (χ2v) is 12.1. The molecule has 0 aromatic heterocycles. The fourth-order valence-electron chi connectivity index (χ4n) is 3.37. The lowest BCUT2D eigenvalue weighted by molar-refractivity contribution is -0.151. The highest BCUT2D eigenvalue weighted by atomic mass is 127. The molecule has 7 nitrogen and oxygen atoms in total. The van der Waals surface area contributed by atoms with Crippen molar-refractivity contribution >= 4 is 120 Å². The number of carbonyl (C=O) groups excluding carboxylic acids is 4. The van der Waals surface area contributed by atoms with Gasteiger partial charge in [0.15, 0.2) is 6.61 Å². The van der Waals surface area contributed by atoms with Crippen LogP contribution < -0.4 is 5.32 Å². The third kappa shape index (κ3) is 5.84. The topological polar surface area (TPSA) is 92.8 Å². The Labute approximate surface area is 249 Å². The zero-order chi connectivity index (χ0) is 25.3. The number of ether oxygens (including phenoxy) is 1. The SMILES string of the molecule is CC(C)C[C@@H](C(=O)OCC(=O)Nc1ccc(F)cc1)N1C(=O)c2c(I)c(I)c(I)c(I)c2C1=O. The van der Waals surface area contributed by atoms with Gasteiger partial charge in [-0.2, -0.15) is 0 Å². The van der Waals surface area contributed by atoms with Gasteiger partial charge in [0.2, 0.25) is 0 Å². The predicted octanol–water partition coefficient (Wildman–Crippen LogP) is 5.44. The van der Waals surface area contributed by atoms with Crippen molar-refractivity contribution < 1.29 is 28.3 Å². The normalized spacial score (nSPS) is 13.8.